The number of hydrogen-bond acceptors (Lipinski definition) is 4. The molecule has 0 unspecified atom stereocenters. The van der Waals surface area contributed by atoms with E-state index in [1.165, 1.54) is 44.2 Å². The van der Waals surface area contributed by atoms with Crippen molar-refractivity contribution in [3.63, 3.8) is 0 Å². The molecule has 4 nitrogen and oxygen atoms in total. The van der Waals surface area contributed by atoms with Crippen molar-refractivity contribution in [2.75, 3.05) is 25.4 Å². The number of hydrogen-bond donors (Lipinski definition) is 0. The first-order valence-electron chi connectivity index (χ1n) is 12.3. The monoisotopic (exact) mass is 478 g/mol. The Morgan fingerprint density at radius 2 is 1.85 bits per heavy atom. The van der Waals surface area contributed by atoms with Gasteiger partial charge in [-0.05, 0) is 74.2 Å². The fourth-order valence-corrected chi connectivity index (χ4v) is 6.81. The zero-order valence-corrected chi connectivity index (χ0v) is 20.1. The van der Waals surface area contributed by atoms with Crippen LogP contribution in [0.25, 0.3) is 0 Å². The van der Waals surface area contributed by atoms with Crippen LogP contribution in [0.4, 0.5) is 13.2 Å². The molecule has 2 atom stereocenters. The molecule has 1 aliphatic heterocycles. The minimum Gasteiger partial charge on any atom is -0.309 e. The Labute approximate surface area is 198 Å². The Bertz CT molecular complexity index is 952. The number of rotatable bonds is 7. The molecule has 0 bridgehead atoms. The van der Waals surface area contributed by atoms with Crippen LogP contribution in [-0.4, -0.2) is 45.1 Å². The summed E-state index contributed by atoms with van der Waals surface area (Å²) < 4.78 is 40.7. The van der Waals surface area contributed by atoms with Crippen molar-refractivity contribution in [3.8, 4) is 0 Å². The molecule has 2 aromatic rings. The van der Waals surface area contributed by atoms with E-state index in [9.17, 15) is 13.2 Å². The summed E-state index contributed by atoms with van der Waals surface area (Å²) in [5.74, 6) is 3.17. The summed E-state index contributed by atoms with van der Waals surface area (Å²) in [6.45, 7) is 3.23. The second-order valence-corrected chi connectivity index (χ2v) is 11.3. The first-order chi connectivity index (χ1) is 15.9. The second-order valence-electron chi connectivity index (χ2n) is 10.2. The van der Waals surface area contributed by atoms with Crippen LogP contribution in [-0.2, 0) is 13.2 Å². The maximum Gasteiger partial charge on any atom is 0.416 e. The van der Waals surface area contributed by atoms with Gasteiger partial charge in [0, 0.05) is 25.3 Å². The van der Waals surface area contributed by atoms with E-state index in [1.54, 1.807) is 23.9 Å². The highest BCUT2D eigenvalue weighted by Crippen LogP contribution is 2.64. The summed E-state index contributed by atoms with van der Waals surface area (Å²) in [4.78, 5) is 2.54. The number of aromatic nitrogens is 3. The number of nitrogens with zero attached hydrogens (tertiary/aromatic N) is 4. The van der Waals surface area contributed by atoms with Crippen LogP contribution < -0.4 is 0 Å². The molecule has 0 N–H and O–H groups in total. The SMILES string of the molecule is Cn1c(SCCCN2CC[C@]3(C[C@@H]3c3ccc(C(F)(F)F)cc3)C2)nnc1C1CCCCC1. The summed E-state index contributed by atoms with van der Waals surface area (Å²) in [7, 11) is 2.10. The molecule has 1 aromatic heterocycles. The van der Waals surface area contributed by atoms with Gasteiger partial charge in [0.15, 0.2) is 5.16 Å². The molecular weight excluding hydrogens is 445 g/mol. The van der Waals surface area contributed by atoms with Gasteiger partial charge in [-0.15, -0.1) is 10.2 Å². The van der Waals surface area contributed by atoms with Gasteiger partial charge in [-0.3, -0.25) is 0 Å². The lowest BCUT2D eigenvalue weighted by atomic mass is 9.89. The molecule has 0 radical (unpaired) electrons. The lowest BCUT2D eigenvalue weighted by molar-refractivity contribution is -0.137. The first kappa shape index (κ1) is 23.2. The molecule has 2 saturated carbocycles. The average Bonchev–Trinajstić information content (AvgIpc) is 3.15. The molecular formula is C25H33F3N4S. The number of halogens is 3. The molecule has 33 heavy (non-hydrogen) atoms. The van der Waals surface area contributed by atoms with Gasteiger partial charge in [0.1, 0.15) is 5.82 Å². The minimum absolute atomic E-state index is 0.283. The van der Waals surface area contributed by atoms with E-state index in [-0.39, 0.29) is 5.41 Å². The highest BCUT2D eigenvalue weighted by molar-refractivity contribution is 7.99. The molecule has 180 valence electrons. The molecule has 1 aromatic carbocycles. The Morgan fingerprint density at radius 3 is 2.58 bits per heavy atom. The van der Waals surface area contributed by atoms with Gasteiger partial charge in [0.25, 0.3) is 0 Å². The summed E-state index contributed by atoms with van der Waals surface area (Å²) in [5.41, 5.74) is 0.794. The fourth-order valence-electron chi connectivity index (χ4n) is 5.97. The van der Waals surface area contributed by atoms with E-state index in [0.29, 0.717) is 11.8 Å². The van der Waals surface area contributed by atoms with Gasteiger partial charge < -0.3 is 9.47 Å². The van der Waals surface area contributed by atoms with Gasteiger partial charge in [0.2, 0.25) is 0 Å². The largest absolute Gasteiger partial charge is 0.416 e. The third kappa shape index (κ3) is 4.97. The van der Waals surface area contributed by atoms with Crippen molar-refractivity contribution in [3.05, 3.63) is 41.2 Å². The molecule has 2 heterocycles. The first-order valence-corrected chi connectivity index (χ1v) is 13.3. The lowest BCUT2D eigenvalue weighted by Gasteiger charge is -2.20. The quantitative estimate of drug-likeness (QED) is 0.348. The number of thioether (sulfide) groups is 1. The lowest BCUT2D eigenvalue weighted by Crippen LogP contribution is -2.23. The van der Waals surface area contributed by atoms with Gasteiger partial charge >= 0.3 is 6.18 Å². The van der Waals surface area contributed by atoms with Gasteiger partial charge in [-0.25, -0.2) is 0 Å². The molecule has 5 rings (SSSR count). The van der Waals surface area contributed by atoms with Crippen LogP contribution in [0.15, 0.2) is 29.4 Å². The summed E-state index contributed by atoms with van der Waals surface area (Å²) in [6.07, 6.45) is 5.53. The van der Waals surface area contributed by atoms with Gasteiger partial charge in [-0.1, -0.05) is 43.2 Å². The normalized spacial score (nSPS) is 26.4. The maximum absolute atomic E-state index is 12.8. The summed E-state index contributed by atoms with van der Waals surface area (Å²) in [6, 6.07) is 5.84. The molecule has 0 amide bonds. The predicted molar refractivity (Wildman–Crippen MR) is 124 cm³/mol. The van der Waals surface area contributed by atoms with Crippen LogP contribution in [0, 0.1) is 5.41 Å². The number of likely N-dealkylation sites (tertiary alicyclic amines) is 1. The smallest absolute Gasteiger partial charge is 0.309 e. The van der Waals surface area contributed by atoms with Crippen molar-refractivity contribution in [2.24, 2.45) is 12.5 Å². The third-order valence-corrected chi connectivity index (χ3v) is 9.09. The van der Waals surface area contributed by atoms with Crippen LogP contribution in [0.3, 0.4) is 0 Å². The van der Waals surface area contributed by atoms with E-state index < -0.39 is 11.7 Å². The van der Waals surface area contributed by atoms with Gasteiger partial charge in [-0.2, -0.15) is 13.2 Å². The second kappa shape index (κ2) is 9.25. The van der Waals surface area contributed by atoms with Gasteiger partial charge in [0.05, 0.1) is 5.56 Å². The highest BCUT2D eigenvalue weighted by atomic mass is 32.2. The van der Waals surface area contributed by atoms with Crippen molar-refractivity contribution in [1.82, 2.24) is 19.7 Å². The van der Waals surface area contributed by atoms with E-state index >= 15 is 0 Å². The fraction of sp³-hybridized carbons (Fsp3) is 0.680. The van der Waals surface area contributed by atoms with E-state index in [0.717, 1.165) is 61.2 Å². The van der Waals surface area contributed by atoms with Crippen LogP contribution in [0.1, 0.15) is 80.2 Å². The van der Waals surface area contributed by atoms with Crippen LogP contribution in [0.5, 0.6) is 0 Å². The predicted octanol–water partition coefficient (Wildman–Crippen LogP) is 6.24. The van der Waals surface area contributed by atoms with E-state index in [4.69, 9.17) is 0 Å². The highest BCUT2D eigenvalue weighted by Gasteiger charge is 2.57. The molecule has 3 aliphatic rings. The van der Waals surface area contributed by atoms with Crippen molar-refractivity contribution in [2.45, 2.75) is 74.5 Å². The minimum atomic E-state index is -4.26. The third-order valence-electron chi connectivity index (χ3n) is 7.98. The molecule has 2 aliphatic carbocycles. The molecule has 1 saturated heterocycles. The van der Waals surface area contributed by atoms with Crippen LogP contribution in [0.2, 0.25) is 0 Å². The van der Waals surface area contributed by atoms with E-state index in [1.807, 2.05) is 0 Å². The zero-order chi connectivity index (χ0) is 23.1. The van der Waals surface area contributed by atoms with Crippen molar-refractivity contribution < 1.29 is 13.2 Å². The van der Waals surface area contributed by atoms with E-state index in [2.05, 4.69) is 26.7 Å². The molecule has 8 heteroatoms. The zero-order valence-electron chi connectivity index (χ0n) is 19.3. The Kier molecular flexibility index (Phi) is 6.51. The topological polar surface area (TPSA) is 34.0 Å². The average molecular weight is 479 g/mol. The Morgan fingerprint density at radius 1 is 1.09 bits per heavy atom. The van der Waals surface area contributed by atoms with Crippen molar-refractivity contribution in [1.29, 1.82) is 0 Å². The van der Waals surface area contributed by atoms with Crippen LogP contribution >= 0.6 is 11.8 Å². The Hall–Kier alpha value is -1.54. The molecule has 1 spiro atoms. The maximum atomic E-state index is 12.8. The molecule has 3 fully saturated rings. The summed E-state index contributed by atoms with van der Waals surface area (Å²) in [5, 5.41) is 9.97. The number of alkyl halides is 3. The standard InChI is InChI=1S/C25H33F3N4S/c1-31-22(19-6-3-2-4-7-19)29-30-23(31)33-15-5-13-32-14-12-24(17-32)16-21(24)18-8-10-20(11-9-18)25(26,27)28/h8-11,19,21H,2-7,12-17H2,1H3/t21-,24+/m1/s1. The Balaban J connectivity index is 1.06. The van der Waals surface area contributed by atoms with Crippen molar-refractivity contribution >= 4 is 11.8 Å². The number of benzene rings is 1. The summed E-state index contributed by atoms with van der Waals surface area (Å²) >= 11 is 1.80.